The van der Waals surface area contributed by atoms with Gasteiger partial charge in [-0.15, -0.1) is 5.10 Å². The van der Waals surface area contributed by atoms with Crippen molar-refractivity contribution in [3.8, 4) is 17.3 Å². The van der Waals surface area contributed by atoms with Crippen LogP contribution in [-0.4, -0.2) is 36.1 Å². The van der Waals surface area contributed by atoms with Crippen LogP contribution in [0.3, 0.4) is 0 Å². The zero-order valence-corrected chi connectivity index (χ0v) is 18.7. The van der Waals surface area contributed by atoms with Crippen molar-refractivity contribution >= 4 is 10.8 Å². The molecular weight excluding hydrogens is 429 g/mol. The minimum atomic E-state index is -0.780. The maximum Gasteiger partial charge on any atom is 0.350 e. The maximum absolute atomic E-state index is 15.3. The molecule has 9 nitrogen and oxygen atoms in total. The molecule has 0 amide bonds. The van der Waals surface area contributed by atoms with Crippen LogP contribution in [0.2, 0.25) is 0 Å². The van der Waals surface area contributed by atoms with Crippen molar-refractivity contribution in [2.45, 2.75) is 39.8 Å². The van der Waals surface area contributed by atoms with E-state index < -0.39 is 23.7 Å². The van der Waals surface area contributed by atoms with Crippen LogP contribution in [0.4, 0.5) is 4.39 Å². The molecule has 0 aliphatic rings. The molecule has 33 heavy (non-hydrogen) atoms. The number of hydrogen-bond acceptors (Lipinski definition) is 6. The molecule has 4 rings (SSSR count). The molecule has 1 aromatic carbocycles. The van der Waals surface area contributed by atoms with Crippen LogP contribution in [0.5, 0.6) is 5.88 Å². The second-order valence-electron chi connectivity index (χ2n) is 7.81. The number of pyridine rings is 2. The van der Waals surface area contributed by atoms with Gasteiger partial charge in [-0.25, -0.2) is 14.2 Å². The Morgan fingerprint density at radius 3 is 2.55 bits per heavy atom. The molecule has 0 atom stereocenters. The number of ether oxygens (including phenoxy) is 1. The van der Waals surface area contributed by atoms with E-state index in [1.165, 1.54) is 22.3 Å². The minimum absolute atomic E-state index is 0.0294. The molecule has 0 bridgehead atoms. The van der Waals surface area contributed by atoms with Gasteiger partial charge in [0.25, 0.3) is 5.56 Å². The van der Waals surface area contributed by atoms with Crippen molar-refractivity contribution in [2.75, 3.05) is 7.11 Å². The number of aliphatic hydroxyl groups excluding tert-OH is 1. The first-order valence-electron chi connectivity index (χ1n) is 10.5. The molecule has 0 fully saturated rings. The Morgan fingerprint density at radius 1 is 1.18 bits per heavy atom. The molecule has 3 heterocycles. The van der Waals surface area contributed by atoms with Crippen molar-refractivity contribution < 1.29 is 14.2 Å². The summed E-state index contributed by atoms with van der Waals surface area (Å²) in [6, 6.07) is 5.96. The largest absolute Gasteiger partial charge is 0.480 e. The van der Waals surface area contributed by atoms with E-state index >= 15 is 4.39 Å². The number of nitrogens with zero attached hydrogens (tertiary/aromatic N) is 5. The third-order valence-electron chi connectivity index (χ3n) is 5.57. The monoisotopic (exact) mass is 453 g/mol. The number of hydrogen-bond donors (Lipinski definition) is 1. The van der Waals surface area contributed by atoms with Gasteiger partial charge in [0.05, 0.1) is 12.5 Å². The molecule has 0 aliphatic carbocycles. The Bertz CT molecular complexity index is 1470. The van der Waals surface area contributed by atoms with Gasteiger partial charge >= 0.3 is 5.69 Å². The highest BCUT2D eigenvalue weighted by atomic mass is 19.1. The smallest absolute Gasteiger partial charge is 0.350 e. The fraction of sp³-hybridized carbons (Fsp3) is 0.304. The Labute approximate surface area is 188 Å². The molecule has 0 unspecified atom stereocenters. The highest BCUT2D eigenvalue weighted by Gasteiger charge is 2.21. The van der Waals surface area contributed by atoms with Crippen molar-refractivity contribution in [3.63, 3.8) is 0 Å². The number of aliphatic hydroxyl groups is 1. The minimum Gasteiger partial charge on any atom is -0.480 e. The lowest BCUT2D eigenvalue weighted by Crippen LogP contribution is -2.25. The van der Waals surface area contributed by atoms with Crippen LogP contribution in [0.15, 0.2) is 46.2 Å². The molecular formula is C23H24FN5O4. The SMILES string of the molecule is CCn1c(CO)nn(-c2cc3c(C(C)C)cn(-c4cccnc4OC)c(=O)c3cc2F)c1=O. The van der Waals surface area contributed by atoms with Crippen LogP contribution in [0.25, 0.3) is 22.1 Å². The summed E-state index contributed by atoms with van der Waals surface area (Å²) in [5, 5.41) is 14.3. The summed E-state index contributed by atoms with van der Waals surface area (Å²) < 4.78 is 24.1. The molecule has 1 N–H and O–H groups in total. The van der Waals surface area contributed by atoms with Crippen molar-refractivity contribution in [1.82, 2.24) is 23.9 Å². The number of methoxy groups -OCH3 is 1. The predicted octanol–water partition coefficient (Wildman–Crippen LogP) is 2.52. The number of fused-ring (bicyclic) bond motifs is 1. The van der Waals surface area contributed by atoms with Gasteiger partial charge in [-0.1, -0.05) is 13.8 Å². The number of aromatic nitrogens is 5. The van der Waals surface area contributed by atoms with E-state index in [0.29, 0.717) is 11.1 Å². The summed E-state index contributed by atoms with van der Waals surface area (Å²) in [6.45, 7) is 5.46. The summed E-state index contributed by atoms with van der Waals surface area (Å²) in [7, 11) is 1.46. The third-order valence-corrected chi connectivity index (χ3v) is 5.57. The molecule has 10 heteroatoms. The molecule has 4 aromatic rings. The first-order chi connectivity index (χ1) is 15.8. The second kappa shape index (κ2) is 8.62. The predicted molar refractivity (Wildman–Crippen MR) is 121 cm³/mol. The van der Waals surface area contributed by atoms with Gasteiger partial charge in [-0.3, -0.25) is 13.9 Å². The van der Waals surface area contributed by atoms with E-state index in [1.54, 1.807) is 31.5 Å². The van der Waals surface area contributed by atoms with Gasteiger partial charge in [0.2, 0.25) is 5.88 Å². The Kier molecular flexibility index (Phi) is 5.86. The Balaban J connectivity index is 2.05. The van der Waals surface area contributed by atoms with Gasteiger partial charge in [0, 0.05) is 18.9 Å². The summed E-state index contributed by atoms with van der Waals surface area (Å²) >= 11 is 0. The van der Waals surface area contributed by atoms with Gasteiger partial charge in [-0.05, 0) is 48.1 Å². The highest BCUT2D eigenvalue weighted by Crippen LogP contribution is 2.29. The van der Waals surface area contributed by atoms with E-state index in [9.17, 15) is 14.7 Å². The average Bonchev–Trinajstić information content (AvgIpc) is 3.14. The molecule has 0 radical (unpaired) electrons. The Hall–Kier alpha value is -3.79. The molecule has 0 saturated carbocycles. The third kappa shape index (κ3) is 3.62. The fourth-order valence-corrected chi connectivity index (χ4v) is 3.93. The maximum atomic E-state index is 15.3. The molecule has 0 saturated heterocycles. The van der Waals surface area contributed by atoms with E-state index in [4.69, 9.17) is 4.74 Å². The van der Waals surface area contributed by atoms with Crippen LogP contribution < -0.4 is 16.0 Å². The van der Waals surface area contributed by atoms with Crippen LogP contribution in [0, 0.1) is 5.82 Å². The molecule has 0 spiro atoms. The number of rotatable bonds is 6. The van der Waals surface area contributed by atoms with Gasteiger partial charge in [0.1, 0.15) is 23.8 Å². The summed E-state index contributed by atoms with van der Waals surface area (Å²) in [5.41, 5.74) is 0.0891. The lowest BCUT2D eigenvalue weighted by molar-refractivity contribution is 0.264. The first-order valence-corrected chi connectivity index (χ1v) is 10.5. The zero-order chi connectivity index (χ0) is 23.9. The summed E-state index contributed by atoms with van der Waals surface area (Å²) in [5.74, 6) is -0.417. The second-order valence-corrected chi connectivity index (χ2v) is 7.81. The van der Waals surface area contributed by atoms with E-state index in [2.05, 4.69) is 10.1 Å². The van der Waals surface area contributed by atoms with Crippen molar-refractivity contribution in [3.05, 3.63) is 74.7 Å². The zero-order valence-electron chi connectivity index (χ0n) is 18.7. The van der Waals surface area contributed by atoms with Crippen molar-refractivity contribution in [2.24, 2.45) is 0 Å². The molecule has 3 aromatic heterocycles. The van der Waals surface area contributed by atoms with Crippen molar-refractivity contribution in [1.29, 1.82) is 0 Å². The number of benzene rings is 1. The molecule has 172 valence electrons. The van der Waals surface area contributed by atoms with Crippen LogP contribution in [0.1, 0.15) is 38.1 Å². The topological polar surface area (TPSA) is 104 Å². The van der Waals surface area contributed by atoms with Gasteiger partial charge in [0.15, 0.2) is 5.82 Å². The molecule has 0 aliphatic heterocycles. The highest BCUT2D eigenvalue weighted by molar-refractivity contribution is 5.87. The summed E-state index contributed by atoms with van der Waals surface area (Å²) in [6.07, 6.45) is 3.24. The number of halogens is 1. The first kappa shape index (κ1) is 22.4. The summed E-state index contributed by atoms with van der Waals surface area (Å²) in [4.78, 5) is 30.3. The van der Waals surface area contributed by atoms with Crippen LogP contribution >= 0.6 is 0 Å². The normalized spacial score (nSPS) is 11.5. The lowest BCUT2D eigenvalue weighted by Gasteiger charge is -2.17. The quantitative estimate of drug-likeness (QED) is 0.481. The Morgan fingerprint density at radius 2 is 1.94 bits per heavy atom. The lowest BCUT2D eigenvalue weighted by atomic mass is 9.97. The van der Waals surface area contributed by atoms with Crippen LogP contribution in [-0.2, 0) is 13.2 Å². The van der Waals surface area contributed by atoms with E-state index in [1.807, 2.05) is 13.8 Å². The van der Waals surface area contributed by atoms with Gasteiger partial charge in [-0.2, -0.15) is 4.68 Å². The van der Waals surface area contributed by atoms with Gasteiger partial charge < -0.3 is 9.84 Å². The average molecular weight is 453 g/mol. The standard InChI is InChI=1S/C23H24FN5O4/c1-5-27-20(12-30)26-29(23(27)32)19-10-14-15(9-17(19)24)22(31)28(11-16(14)13(2)3)18-7-6-8-25-21(18)33-4/h6-11,13,30H,5,12H2,1-4H3. The van der Waals surface area contributed by atoms with E-state index in [0.717, 1.165) is 16.3 Å². The fourth-order valence-electron chi connectivity index (χ4n) is 3.93. The van der Waals surface area contributed by atoms with E-state index in [-0.39, 0.29) is 35.2 Å².